The van der Waals surface area contributed by atoms with Crippen molar-refractivity contribution in [1.29, 1.82) is 10.7 Å². The number of carbonyl (C=O) groups is 1. The number of rotatable bonds is 5. The van der Waals surface area contributed by atoms with Gasteiger partial charge in [0.2, 0.25) is 12.1 Å². The summed E-state index contributed by atoms with van der Waals surface area (Å²) < 4.78 is 44.5. The van der Waals surface area contributed by atoms with Crippen molar-refractivity contribution in [3.8, 4) is 6.07 Å². The van der Waals surface area contributed by atoms with E-state index in [4.69, 9.17) is 21.1 Å². The van der Waals surface area contributed by atoms with E-state index >= 15 is 0 Å². The smallest absolute Gasteiger partial charge is 0.405 e. The van der Waals surface area contributed by atoms with Gasteiger partial charge in [0, 0.05) is 17.3 Å². The number of aromatic nitrogens is 1. The second-order valence-corrected chi connectivity index (χ2v) is 7.78. The molecule has 1 aromatic heterocycles. The van der Waals surface area contributed by atoms with Crippen LogP contribution in [0.2, 0.25) is 0 Å². The number of nitrogens with two attached hydrogens (primary N) is 1. The molecule has 0 spiro atoms. The van der Waals surface area contributed by atoms with Gasteiger partial charge in [-0.25, -0.2) is 9.98 Å². The predicted molar refractivity (Wildman–Crippen MR) is 134 cm³/mol. The van der Waals surface area contributed by atoms with Gasteiger partial charge in [0.15, 0.2) is 0 Å². The molecule has 0 bridgehead atoms. The molecule has 1 atom stereocenters. The van der Waals surface area contributed by atoms with Crippen LogP contribution in [0, 0.1) is 16.7 Å². The summed E-state index contributed by atoms with van der Waals surface area (Å²) in [7, 11) is 0. The van der Waals surface area contributed by atoms with Crippen molar-refractivity contribution in [1.82, 2.24) is 4.98 Å². The number of benzodiazepines with no additional fused rings is 1. The van der Waals surface area contributed by atoms with E-state index < -0.39 is 35.7 Å². The molecule has 0 saturated carbocycles. The van der Waals surface area contributed by atoms with Gasteiger partial charge in [-0.05, 0) is 12.1 Å². The van der Waals surface area contributed by atoms with Crippen LogP contribution in [0.4, 0.5) is 24.5 Å². The Hall–Kier alpha value is -5.25. The highest BCUT2D eigenvalue weighted by molar-refractivity contribution is 6.19. The van der Waals surface area contributed by atoms with Gasteiger partial charge in [0.05, 0.1) is 28.7 Å². The summed E-state index contributed by atoms with van der Waals surface area (Å²) in [6, 6.07) is 17.9. The number of halogens is 3. The third-order valence-electron chi connectivity index (χ3n) is 5.22. The number of anilines is 2. The topological polar surface area (TPSA) is 162 Å². The number of carbonyl (C=O) groups excluding carboxylic acids is 1. The summed E-state index contributed by atoms with van der Waals surface area (Å²) in [5.74, 6) is -1.38. The van der Waals surface area contributed by atoms with Crippen molar-refractivity contribution in [3.63, 3.8) is 0 Å². The average Bonchev–Trinajstić information content (AvgIpc) is 3.03. The zero-order valence-electron chi connectivity index (χ0n) is 19.5. The van der Waals surface area contributed by atoms with Crippen molar-refractivity contribution in [2.45, 2.75) is 12.3 Å². The standard InChI is InChI=1S/C25H19F3N8O2/c26-25(27,28)15-12-18(32-11-10-29)20(33-13-15)21(30)38-24(31)36-22-23(37)34-17-9-5-4-8-16(17)19(35-22)14-6-2-1-3-7-14/h1-9,12-13,22,30,32H,11H2,(H2,31,36)(H,34,37). The molecule has 3 aromatic rings. The molecule has 2 aromatic carbocycles. The lowest BCUT2D eigenvalue weighted by atomic mass is 10.0. The van der Waals surface area contributed by atoms with Crippen molar-refractivity contribution < 1.29 is 22.7 Å². The van der Waals surface area contributed by atoms with Gasteiger partial charge in [0.1, 0.15) is 12.2 Å². The number of hydrogen-bond acceptors (Lipinski definition) is 8. The number of para-hydroxylation sites is 1. The molecule has 5 N–H and O–H groups in total. The summed E-state index contributed by atoms with van der Waals surface area (Å²) in [6.07, 6.45) is -5.58. The minimum absolute atomic E-state index is 0.272. The van der Waals surface area contributed by atoms with E-state index in [0.717, 1.165) is 0 Å². The Labute approximate surface area is 214 Å². The van der Waals surface area contributed by atoms with Crippen LogP contribution in [0.25, 0.3) is 0 Å². The average molecular weight is 520 g/mol. The minimum Gasteiger partial charge on any atom is -0.405 e. The fourth-order valence-corrected chi connectivity index (χ4v) is 3.53. The molecule has 0 fully saturated rings. The normalized spacial score (nSPS) is 15.3. The molecule has 0 radical (unpaired) electrons. The molecule has 4 rings (SSSR count). The number of amides is 1. The van der Waals surface area contributed by atoms with E-state index in [1.54, 1.807) is 30.3 Å². The molecule has 1 aliphatic heterocycles. The van der Waals surface area contributed by atoms with Gasteiger partial charge in [0.25, 0.3) is 11.9 Å². The number of nitriles is 1. The number of benzene rings is 2. The van der Waals surface area contributed by atoms with E-state index in [-0.39, 0.29) is 17.9 Å². The second kappa shape index (κ2) is 10.8. The highest BCUT2D eigenvalue weighted by atomic mass is 19.4. The third-order valence-corrected chi connectivity index (χ3v) is 5.22. The number of fused-ring (bicyclic) bond motifs is 1. The maximum Gasteiger partial charge on any atom is 0.417 e. The molecule has 1 amide bonds. The van der Waals surface area contributed by atoms with Gasteiger partial charge in [-0.15, -0.1) is 0 Å². The molecule has 1 unspecified atom stereocenters. The van der Waals surface area contributed by atoms with Crippen LogP contribution in [-0.4, -0.2) is 41.2 Å². The number of hydrogen-bond donors (Lipinski definition) is 4. The molecule has 0 saturated heterocycles. The van der Waals surface area contributed by atoms with Gasteiger partial charge in [-0.1, -0.05) is 48.5 Å². The van der Waals surface area contributed by atoms with Crippen LogP contribution in [0.3, 0.4) is 0 Å². The highest BCUT2D eigenvalue weighted by Gasteiger charge is 2.32. The quantitative estimate of drug-likeness (QED) is 0.229. The molecule has 13 heteroatoms. The first-order valence-corrected chi connectivity index (χ1v) is 11.0. The van der Waals surface area contributed by atoms with Crippen LogP contribution < -0.4 is 16.4 Å². The first kappa shape index (κ1) is 25.8. The van der Waals surface area contributed by atoms with Gasteiger partial charge in [-0.2, -0.15) is 23.4 Å². The monoisotopic (exact) mass is 520 g/mol. The first-order valence-electron chi connectivity index (χ1n) is 11.0. The zero-order valence-corrected chi connectivity index (χ0v) is 19.5. The lowest BCUT2D eigenvalue weighted by Crippen LogP contribution is -2.29. The van der Waals surface area contributed by atoms with E-state index in [1.165, 1.54) is 0 Å². The van der Waals surface area contributed by atoms with Gasteiger partial charge in [-0.3, -0.25) is 10.2 Å². The molecular formula is C25H19F3N8O2. The van der Waals surface area contributed by atoms with Crippen LogP contribution in [0.5, 0.6) is 0 Å². The maximum absolute atomic E-state index is 13.1. The van der Waals surface area contributed by atoms with Crippen molar-refractivity contribution in [2.75, 3.05) is 17.2 Å². The largest absolute Gasteiger partial charge is 0.417 e. The fraction of sp³-hybridized carbons (Fsp3) is 0.120. The van der Waals surface area contributed by atoms with Crippen molar-refractivity contribution in [2.24, 2.45) is 15.7 Å². The zero-order chi connectivity index (χ0) is 27.3. The van der Waals surface area contributed by atoms with Gasteiger partial charge < -0.3 is 21.1 Å². The van der Waals surface area contributed by atoms with E-state index in [9.17, 15) is 18.0 Å². The molecule has 38 heavy (non-hydrogen) atoms. The van der Waals surface area contributed by atoms with Crippen LogP contribution in [0.15, 0.2) is 76.8 Å². The number of alkyl halides is 3. The molecule has 10 nitrogen and oxygen atoms in total. The highest BCUT2D eigenvalue weighted by Crippen LogP contribution is 2.31. The van der Waals surface area contributed by atoms with Gasteiger partial charge >= 0.3 is 6.18 Å². The molecule has 192 valence electrons. The predicted octanol–water partition coefficient (Wildman–Crippen LogP) is 3.51. The summed E-state index contributed by atoms with van der Waals surface area (Å²) in [6.45, 7) is -0.355. The van der Waals surface area contributed by atoms with Crippen LogP contribution in [-0.2, 0) is 15.7 Å². The van der Waals surface area contributed by atoms with E-state index in [0.29, 0.717) is 34.8 Å². The number of amidine groups is 1. The summed E-state index contributed by atoms with van der Waals surface area (Å²) in [4.78, 5) is 25.0. The number of nitrogens with zero attached hydrogens (tertiary/aromatic N) is 4. The Morgan fingerprint density at radius 2 is 1.92 bits per heavy atom. The molecular weight excluding hydrogens is 501 g/mol. The lowest BCUT2D eigenvalue weighted by Gasteiger charge is -2.14. The second-order valence-electron chi connectivity index (χ2n) is 7.78. The number of ether oxygens (including phenoxy) is 1. The lowest BCUT2D eigenvalue weighted by molar-refractivity contribution is -0.137. The third kappa shape index (κ3) is 5.76. The summed E-state index contributed by atoms with van der Waals surface area (Å²) >= 11 is 0. The van der Waals surface area contributed by atoms with E-state index in [2.05, 4.69) is 25.6 Å². The van der Waals surface area contributed by atoms with E-state index in [1.807, 2.05) is 30.3 Å². The summed E-state index contributed by atoms with van der Waals surface area (Å²) in [5.41, 5.74) is 6.48. The minimum atomic E-state index is -4.70. The number of aliphatic imine (C=N–C) groups is 2. The Morgan fingerprint density at radius 3 is 2.63 bits per heavy atom. The first-order chi connectivity index (χ1) is 18.2. The Balaban J connectivity index is 1.65. The molecule has 2 heterocycles. The van der Waals surface area contributed by atoms with Crippen LogP contribution >= 0.6 is 0 Å². The molecule has 0 aliphatic carbocycles. The van der Waals surface area contributed by atoms with Crippen LogP contribution in [0.1, 0.15) is 22.4 Å². The molecule has 1 aliphatic rings. The van der Waals surface area contributed by atoms with Crippen molar-refractivity contribution in [3.05, 3.63) is 89.2 Å². The number of nitrogens with one attached hydrogen (secondary N) is 3. The Bertz CT molecular complexity index is 1480. The Morgan fingerprint density at radius 1 is 1.21 bits per heavy atom. The number of pyridine rings is 1. The van der Waals surface area contributed by atoms with Crippen molar-refractivity contribution >= 4 is 34.9 Å². The SMILES string of the molecule is N#CCNc1cc(C(F)(F)F)cnc1C(=N)O/C(N)=N/C1N=C(c2ccccc2)c2ccccc2NC1=O. The Kier molecular flexibility index (Phi) is 7.33. The fourth-order valence-electron chi connectivity index (χ4n) is 3.53. The maximum atomic E-state index is 13.1. The summed E-state index contributed by atoms with van der Waals surface area (Å²) in [5, 5.41) is 22.1.